The Morgan fingerprint density at radius 2 is 1.88 bits per heavy atom. The molecular formula is C23H19N9O. The van der Waals surface area contributed by atoms with E-state index in [1.54, 1.807) is 41.4 Å². The van der Waals surface area contributed by atoms with Crippen molar-refractivity contribution in [2.24, 2.45) is 0 Å². The number of imidazole rings is 1. The average molecular weight is 437 g/mol. The average Bonchev–Trinajstić information content (AvgIpc) is 3.58. The van der Waals surface area contributed by atoms with E-state index in [0.717, 1.165) is 27.9 Å². The number of fused-ring (bicyclic) bond motifs is 2. The summed E-state index contributed by atoms with van der Waals surface area (Å²) >= 11 is 0. The van der Waals surface area contributed by atoms with Gasteiger partial charge in [-0.1, -0.05) is 12.1 Å². The molecule has 0 aliphatic rings. The molecule has 0 unspecified atom stereocenters. The van der Waals surface area contributed by atoms with Crippen LogP contribution in [0.25, 0.3) is 33.8 Å². The van der Waals surface area contributed by atoms with Crippen LogP contribution in [-0.4, -0.2) is 51.2 Å². The Kier molecular flexibility index (Phi) is 4.35. The van der Waals surface area contributed by atoms with E-state index in [-0.39, 0.29) is 0 Å². The van der Waals surface area contributed by atoms with E-state index in [1.807, 2.05) is 54.1 Å². The molecule has 0 atom stereocenters. The summed E-state index contributed by atoms with van der Waals surface area (Å²) in [5.74, 6) is 1.84. The molecule has 5 heterocycles. The fourth-order valence-electron chi connectivity index (χ4n) is 3.78. The van der Waals surface area contributed by atoms with E-state index in [0.29, 0.717) is 29.5 Å². The minimum absolute atomic E-state index is 0.444. The number of aryl methyl sites for hydroxylation is 1. The molecule has 162 valence electrons. The van der Waals surface area contributed by atoms with E-state index in [1.165, 1.54) is 0 Å². The summed E-state index contributed by atoms with van der Waals surface area (Å²) in [5.41, 5.74) is 4.21. The quantitative estimate of drug-likeness (QED) is 0.408. The zero-order valence-electron chi connectivity index (χ0n) is 18.0. The molecule has 0 saturated heterocycles. The largest absolute Gasteiger partial charge is 0.497 e. The van der Waals surface area contributed by atoms with Gasteiger partial charge in [0.2, 0.25) is 0 Å². The van der Waals surface area contributed by atoms with E-state index in [4.69, 9.17) is 14.7 Å². The van der Waals surface area contributed by atoms with Crippen LogP contribution in [0.15, 0.2) is 67.5 Å². The van der Waals surface area contributed by atoms with Gasteiger partial charge in [-0.3, -0.25) is 4.98 Å². The Labute approximate surface area is 188 Å². The maximum absolute atomic E-state index is 5.27. The number of hydrogen-bond donors (Lipinski definition) is 0. The van der Waals surface area contributed by atoms with Gasteiger partial charge in [0.15, 0.2) is 17.0 Å². The third-order valence-electron chi connectivity index (χ3n) is 5.44. The van der Waals surface area contributed by atoms with Gasteiger partial charge in [-0.15, -0.1) is 0 Å². The van der Waals surface area contributed by atoms with Crippen molar-refractivity contribution >= 4 is 22.1 Å². The van der Waals surface area contributed by atoms with Crippen molar-refractivity contribution in [3.63, 3.8) is 0 Å². The van der Waals surface area contributed by atoms with Gasteiger partial charge >= 0.3 is 0 Å². The fraction of sp³-hybridized carbons (Fsp3) is 0.130. The van der Waals surface area contributed by atoms with Crippen LogP contribution in [0.4, 0.5) is 0 Å². The summed E-state index contributed by atoms with van der Waals surface area (Å²) in [6.45, 7) is 2.52. The molecule has 0 aliphatic heterocycles. The first-order chi connectivity index (χ1) is 16.2. The summed E-state index contributed by atoms with van der Waals surface area (Å²) in [4.78, 5) is 18.5. The van der Waals surface area contributed by atoms with Crippen LogP contribution in [0.2, 0.25) is 0 Å². The van der Waals surface area contributed by atoms with Crippen LogP contribution >= 0.6 is 0 Å². The standard InChI is InChI=1S/C23H19N9O/c1-15-8-10-31(29-15)23-27-21-20(22(28-23)32-19-7-9-24-11-17(19)12-26-32)25-14-30(21)13-16-3-5-18(33-2)6-4-16/h3-12,14H,13H2,1-2H3. The second-order valence-corrected chi connectivity index (χ2v) is 7.63. The molecule has 5 aromatic heterocycles. The minimum Gasteiger partial charge on any atom is -0.497 e. The molecule has 0 amide bonds. The Hall–Kier alpha value is -4.60. The molecule has 6 aromatic rings. The monoisotopic (exact) mass is 437 g/mol. The van der Waals surface area contributed by atoms with Crippen molar-refractivity contribution in [1.82, 2.24) is 44.1 Å². The summed E-state index contributed by atoms with van der Waals surface area (Å²) in [6, 6.07) is 11.8. The lowest BCUT2D eigenvalue weighted by atomic mass is 10.2. The molecular weight excluding hydrogens is 418 g/mol. The van der Waals surface area contributed by atoms with Gasteiger partial charge in [0.1, 0.15) is 5.75 Å². The first-order valence-electron chi connectivity index (χ1n) is 10.4. The molecule has 10 heteroatoms. The van der Waals surface area contributed by atoms with Crippen molar-refractivity contribution in [3.8, 4) is 17.5 Å². The minimum atomic E-state index is 0.444. The highest BCUT2D eigenvalue weighted by molar-refractivity contribution is 5.84. The lowest BCUT2D eigenvalue weighted by Gasteiger charge is -2.09. The first kappa shape index (κ1) is 19.1. The van der Waals surface area contributed by atoms with Crippen LogP contribution in [0.1, 0.15) is 11.3 Å². The molecule has 1 aromatic carbocycles. The van der Waals surface area contributed by atoms with Crippen molar-refractivity contribution < 1.29 is 4.74 Å². The Morgan fingerprint density at radius 3 is 2.67 bits per heavy atom. The van der Waals surface area contributed by atoms with Gasteiger partial charge in [0.05, 0.1) is 37.4 Å². The van der Waals surface area contributed by atoms with Crippen molar-refractivity contribution in [1.29, 1.82) is 0 Å². The zero-order valence-corrected chi connectivity index (χ0v) is 18.0. The van der Waals surface area contributed by atoms with Crippen molar-refractivity contribution in [3.05, 3.63) is 78.8 Å². The highest BCUT2D eigenvalue weighted by atomic mass is 16.5. The Morgan fingerprint density at radius 1 is 1.00 bits per heavy atom. The maximum Gasteiger partial charge on any atom is 0.254 e. The normalized spacial score (nSPS) is 11.5. The highest BCUT2D eigenvalue weighted by Gasteiger charge is 2.18. The van der Waals surface area contributed by atoms with Crippen molar-refractivity contribution in [2.45, 2.75) is 13.5 Å². The van der Waals surface area contributed by atoms with E-state index in [9.17, 15) is 0 Å². The molecule has 0 fully saturated rings. The van der Waals surface area contributed by atoms with E-state index >= 15 is 0 Å². The van der Waals surface area contributed by atoms with Crippen LogP contribution in [-0.2, 0) is 6.54 Å². The first-order valence-corrected chi connectivity index (χ1v) is 10.4. The van der Waals surface area contributed by atoms with Crippen LogP contribution < -0.4 is 4.74 Å². The van der Waals surface area contributed by atoms with Gasteiger partial charge in [0.25, 0.3) is 5.95 Å². The molecule has 0 bridgehead atoms. The zero-order chi connectivity index (χ0) is 22.4. The van der Waals surface area contributed by atoms with Gasteiger partial charge in [0, 0.05) is 24.0 Å². The molecule has 10 nitrogen and oxygen atoms in total. The number of pyridine rings is 1. The number of methoxy groups -OCH3 is 1. The molecule has 0 spiro atoms. The van der Waals surface area contributed by atoms with Gasteiger partial charge in [-0.25, -0.2) is 14.3 Å². The van der Waals surface area contributed by atoms with Crippen LogP contribution in [0.3, 0.4) is 0 Å². The van der Waals surface area contributed by atoms with Gasteiger partial charge in [-0.05, 0) is 36.8 Å². The lowest BCUT2D eigenvalue weighted by molar-refractivity contribution is 0.414. The second kappa shape index (κ2) is 7.52. The van der Waals surface area contributed by atoms with Crippen molar-refractivity contribution in [2.75, 3.05) is 7.11 Å². The third kappa shape index (κ3) is 3.28. The molecule has 33 heavy (non-hydrogen) atoms. The Balaban J connectivity index is 1.54. The maximum atomic E-state index is 5.27. The predicted octanol–water partition coefficient (Wildman–Crippen LogP) is 3.11. The number of hydrogen-bond acceptors (Lipinski definition) is 7. The third-order valence-corrected chi connectivity index (χ3v) is 5.44. The number of nitrogens with zero attached hydrogens (tertiary/aromatic N) is 9. The molecule has 0 saturated carbocycles. The summed E-state index contributed by atoms with van der Waals surface area (Å²) < 4.78 is 10.7. The number of aromatic nitrogens is 9. The number of ether oxygens (including phenoxy) is 1. The predicted molar refractivity (Wildman–Crippen MR) is 122 cm³/mol. The topological polar surface area (TPSA) is 101 Å². The lowest BCUT2D eigenvalue weighted by Crippen LogP contribution is -2.10. The molecule has 6 rings (SSSR count). The molecule has 0 aliphatic carbocycles. The van der Waals surface area contributed by atoms with Gasteiger partial charge < -0.3 is 9.30 Å². The van der Waals surface area contributed by atoms with Gasteiger partial charge in [-0.2, -0.15) is 20.2 Å². The molecule has 0 N–H and O–H groups in total. The van der Waals surface area contributed by atoms with Crippen LogP contribution in [0, 0.1) is 6.92 Å². The number of benzene rings is 1. The fourth-order valence-corrected chi connectivity index (χ4v) is 3.78. The SMILES string of the molecule is COc1ccc(Cn2cnc3c(-n4ncc5cnccc54)nc(-n4ccc(C)n4)nc32)cc1. The van der Waals surface area contributed by atoms with E-state index in [2.05, 4.69) is 20.2 Å². The van der Waals surface area contributed by atoms with E-state index < -0.39 is 0 Å². The summed E-state index contributed by atoms with van der Waals surface area (Å²) in [6.07, 6.45) is 8.90. The summed E-state index contributed by atoms with van der Waals surface area (Å²) in [7, 11) is 1.66. The smallest absolute Gasteiger partial charge is 0.254 e. The highest BCUT2D eigenvalue weighted by Crippen LogP contribution is 2.24. The summed E-state index contributed by atoms with van der Waals surface area (Å²) in [5, 5.41) is 9.97. The second-order valence-electron chi connectivity index (χ2n) is 7.63. The Bertz CT molecular complexity index is 1590. The molecule has 0 radical (unpaired) electrons. The van der Waals surface area contributed by atoms with Crippen LogP contribution in [0.5, 0.6) is 5.75 Å². The number of rotatable bonds is 5.